The van der Waals surface area contributed by atoms with Crippen LogP contribution in [-0.2, 0) is 19.1 Å². The van der Waals surface area contributed by atoms with E-state index in [-0.39, 0.29) is 29.6 Å². The van der Waals surface area contributed by atoms with Gasteiger partial charge in [0.05, 0.1) is 6.61 Å². The summed E-state index contributed by atoms with van der Waals surface area (Å²) in [5, 5.41) is 0. The average molecular weight is 269 g/mol. The highest BCUT2D eigenvalue weighted by Crippen LogP contribution is 2.25. The van der Waals surface area contributed by atoms with Gasteiger partial charge in [0.25, 0.3) is 0 Å². The molecule has 108 valence electrons. The Kier molecular flexibility index (Phi) is 5.99. The zero-order chi connectivity index (χ0) is 14.4. The normalized spacial score (nSPS) is 23.0. The second-order valence-electron chi connectivity index (χ2n) is 5.02. The van der Waals surface area contributed by atoms with Crippen molar-refractivity contribution >= 4 is 17.8 Å². The Hall–Kier alpha value is -1.39. The number of carbonyl (C=O) groups is 3. The highest BCUT2D eigenvalue weighted by molar-refractivity contribution is 6.04. The van der Waals surface area contributed by atoms with Crippen LogP contribution in [-0.4, -0.2) is 35.8 Å². The molecule has 0 aromatic heterocycles. The molecule has 0 radical (unpaired) electrons. The van der Waals surface area contributed by atoms with Crippen LogP contribution in [0.5, 0.6) is 0 Å². The van der Waals surface area contributed by atoms with Gasteiger partial charge >= 0.3 is 5.97 Å². The van der Waals surface area contributed by atoms with Crippen molar-refractivity contribution in [2.75, 3.05) is 13.2 Å². The fourth-order valence-electron chi connectivity index (χ4n) is 2.20. The number of esters is 1. The second kappa shape index (κ2) is 7.26. The molecule has 1 heterocycles. The van der Waals surface area contributed by atoms with Crippen molar-refractivity contribution in [1.82, 2.24) is 4.90 Å². The van der Waals surface area contributed by atoms with Gasteiger partial charge in [-0.2, -0.15) is 0 Å². The smallest absolute Gasteiger partial charge is 0.305 e. The van der Waals surface area contributed by atoms with Gasteiger partial charge in [-0.05, 0) is 19.8 Å². The van der Waals surface area contributed by atoms with Crippen molar-refractivity contribution in [2.24, 2.45) is 11.8 Å². The van der Waals surface area contributed by atoms with Crippen LogP contribution in [0.3, 0.4) is 0 Å². The molecule has 0 saturated carbocycles. The number of hydrogen-bond acceptors (Lipinski definition) is 4. The Morgan fingerprint density at radius 2 is 1.68 bits per heavy atom. The molecule has 0 N–H and O–H groups in total. The quantitative estimate of drug-likeness (QED) is 0.401. The molecule has 0 aromatic carbocycles. The van der Waals surface area contributed by atoms with Gasteiger partial charge in [-0.15, -0.1) is 0 Å². The molecule has 1 saturated heterocycles. The maximum absolute atomic E-state index is 11.8. The van der Waals surface area contributed by atoms with E-state index < -0.39 is 0 Å². The van der Waals surface area contributed by atoms with Gasteiger partial charge in [0.15, 0.2) is 0 Å². The van der Waals surface area contributed by atoms with Crippen molar-refractivity contribution in [3.8, 4) is 0 Å². The Morgan fingerprint density at radius 1 is 1.11 bits per heavy atom. The first-order valence-corrected chi connectivity index (χ1v) is 6.99. The third-order valence-electron chi connectivity index (χ3n) is 3.63. The van der Waals surface area contributed by atoms with Crippen molar-refractivity contribution < 1.29 is 19.1 Å². The predicted octanol–water partition coefficient (Wildman–Crippen LogP) is 1.75. The maximum atomic E-state index is 11.8. The van der Waals surface area contributed by atoms with E-state index in [1.165, 1.54) is 4.90 Å². The molecule has 1 aliphatic heterocycles. The summed E-state index contributed by atoms with van der Waals surface area (Å²) in [6.45, 7) is 6.25. The maximum Gasteiger partial charge on any atom is 0.305 e. The van der Waals surface area contributed by atoms with Crippen LogP contribution >= 0.6 is 0 Å². The molecule has 19 heavy (non-hydrogen) atoms. The van der Waals surface area contributed by atoms with Crippen LogP contribution in [0.4, 0.5) is 0 Å². The molecule has 2 unspecified atom stereocenters. The van der Waals surface area contributed by atoms with Gasteiger partial charge in [-0.1, -0.05) is 20.3 Å². The molecule has 1 fully saturated rings. The number of carbonyl (C=O) groups excluding carboxylic acids is 3. The van der Waals surface area contributed by atoms with E-state index in [0.29, 0.717) is 19.6 Å². The summed E-state index contributed by atoms with van der Waals surface area (Å²) in [4.78, 5) is 36.1. The van der Waals surface area contributed by atoms with Gasteiger partial charge in [-0.3, -0.25) is 19.3 Å². The molecule has 1 rings (SSSR count). The molecule has 5 heteroatoms. The standard InChI is InChI=1S/C14H23NO4/c1-4-19-12(16)8-6-5-7-9-15-13(17)10(2)11(3)14(15)18/h10-11H,4-9H2,1-3H3. The zero-order valence-corrected chi connectivity index (χ0v) is 12.0. The number of imide groups is 1. The van der Waals surface area contributed by atoms with E-state index in [1.807, 2.05) is 0 Å². The summed E-state index contributed by atoms with van der Waals surface area (Å²) in [7, 11) is 0. The minimum Gasteiger partial charge on any atom is -0.466 e. The highest BCUT2D eigenvalue weighted by Gasteiger charge is 2.41. The van der Waals surface area contributed by atoms with E-state index in [9.17, 15) is 14.4 Å². The third kappa shape index (κ3) is 4.04. The van der Waals surface area contributed by atoms with Crippen molar-refractivity contribution in [3.05, 3.63) is 0 Å². The van der Waals surface area contributed by atoms with Gasteiger partial charge < -0.3 is 4.74 Å². The Morgan fingerprint density at radius 3 is 2.21 bits per heavy atom. The summed E-state index contributed by atoms with van der Waals surface area (Å²) in [5.74, 6) is -0.720. The lowest BCUT2D eigenvalue weighted by Gasteiger charge is -2.14. The summed E-state index contributed by atoms with van der Waals surface area (Å²) < 4.78 is 4.83. The van der Waals surface area contributed by atoms with Crippen molar-refractivity contribution in [1.29, 1.82) is 0 Å². The number of hydrogen-bond donors (Lipinski definition) is 0. The first kappa shape index (κ1) is 15.7. The second-order valence-corrected chi connectivity index (χ2v) is 5.02. The van der Waals surface area contributed by atoms with E-state index in [4.69, 9.17) is 4.74 Å². The van der Waals surface area contributed by atoms with Gasteiger partial charge in [0.2, 0.25) is 11.8 Å². The number of rotatable bonds is 7. The Labute approximate surface area is 114 Å². The monoisotopic (exact) mass is 269 g/mol. The SMILES string of the molecule is CCOC(=O)CCCCCN1C(=O)C(C)C(C)C1=O. The van der Waals surface area contributed by atoms with Crippen molar-refractivity contribution in [3.63, 3.8) is 0 Å². The fourth-order valence-corrected chi connectivity index (χ4v) is 2.20. The van der Waals surface area contributed by atoms with Crippen LogP contribution in [0, 0.1) is 11.8 Å². The van der Waals surface area contributed by atoms with Crippen LogP contribution < -0.4 is 0 Å². The average Bonchev–Trinajstić information content (AvgIpc) is 2.56. The van der Waals surface area contributed by atoms with E-state index in [1.54, 1.807) is 20.8 Å². The number of ether oxygens (including phenoxy) is 1. The summed E-state index contributed by atoms with van der Waals surface area (Å²) in [6, 6.07) is 0. The topological polar surface area (TPSA) is 63.7 Å². The fraction of sp³-hybridized carbons (Fsp3) is 0.786. The highest BCUT2D eigenvalue weighted by atomic mass is 16.5. The Balaban J connectivity index is 2.21. The van der Waals surface area contributed by atoms with Crippen LogP contribution in [0.1, 0.15) is 46.5 Å². The lowest BCUT2D eigenvalue weighted by molar-refractivity contribution is -0.143. The minimum atomic E-state index is -0.202. The Bertz CT molecular complexity index is 333. The molecule has 2 amide bonds. The third-order valence-corrected chi connectivity index (χ3v) is 3.63. The minimum absolute atomic E-state index is 0.0668. The molecule has 5 nitrogen and oxygen atoms in total. The molecule has 0 spiro atoms. The summed E-state index contributed by atoms with van der Waals surface area (Å²) >= 11 is 0. The largest absolute Gasteiger partial charge is 0.466 e. The lowest BCUT2D eigenvalue weighted by Crippen LogP contribution is -2.31. The molecular formula is C14H23NO4. The van der Waals surface area contributed by atoms with Gasteiger partial charge in [0.1, 0.15) is 0 Å². The van der Waals surface area contributed by atoms with Crippen LogP contribution in [0.25, 0.3) is 0 Å². The lowest BCUT2D eigenvalue weighted by atomic mass is 10.00. The van der Waals surface area contributed by atoms with E-state index in [0.717, 1.165) is 19.3 Å². The number of unbranched alkanes of at least 4 members (excludes halogenated alkanes) is 2. The number of likely N-dealkylation sites (tertiary alicyclic amines) is 1. The van der Waals surface area contributed by atoms with Crippen molar-refractivity contribution in [2.45, 2.75) is 46.5 Å². The summed E-state index contributed by atoms with van der Waals surface area (Å²) in [5.41, 5.74) is 0. The molecule has 0 aromatic rings. The first-order chi connectivity index (χ1) is 8.99. The molecular weight excluding hydrogens is 246 g/mol. The number of nitrogens with zero attached hydrogens (tertiary/aromatic N) is 1. The van der Waals surface area contributed by atoms with E-state index >= 15 is 0 Å². The van der Waals surface area contributed by atoms with Gasteiger partial charge in [0, 0.05) is 24.8 Å². The molecule has 2 atom stereocenters. The molecule has 0 bridgehead atoms. The predicted molar refractivity (Wildman–Crippen MR) is 70.1 cm³/mol. The summed E-state index contributed by atoms with van der Waals surface area (Å²) in [6.07, 6.45) is 2.71. The molecule has 1 aliphatic rings. The van der Waals surface area contributed by atoms with Crippen LogP contribution in [0.15, 0.2) is 0 Å². The van der Waals surface area contributed by atoms with Gasteiger partial charge in [-0.25, -0.2) is 0 Å². The first-order valence-electron chi connectivity index (χ1n) is 6.99. The van der Waals surface area contributed by atoms with E-state index in [2.05, 4.69) is 0 Å². The van der Waals surface area contributed by atoms with Crippen LogP contribution in [0.2, 0.25) is 0 Å². The molecule has 0 aliphatic carbocycles. The zero-order valence-electron chi connectivity index (χ0n) is 12.0. The number of amides is 2.